The van der Waals surface area contributed by atoms with E-state index in [9.17, 15) is 0 Å². The van der Waals surface area contributed by atoms with Gasteiger partial charge in [0.15, 0.2) is 0 Å². The van der Waals surface area contributed by atoms with Crippen molar-refractivity contribution in [2.75, 3.05) is 0 Å². The van der Waals surface area contributed by atoms with Gasteiger partial charge in [0.25, 0.3) is 0 Å². The van der Waals surface area contributed by atoms with Gasteiger partial charge in [-0.1, -0.05) is 57.8 Å². The Hall–Kier alpha value is -0.893. The summed E-state index contributed by atoms with van der Waals surface area (Å²) < 4.78 is 0. The quantitative estimate of drug-likeness (QED) is 0.648. The maximum absolute atomic E-state index is 4.83. The van der Waals surface area contributed by atoms with E-state index in [2.05, 4.69) is 52.7 Å². The lowest BCUT2D eigenvalue weighted by atomic mass is 9.96. The van der Waals surface area contributed by atoms with E-state index in [1.54, 1.807) is 10.8 Å². The summed E-state index contributed by atoms with van der Waals surface area (Å²) in [6, 6.07) is 2.42. The molecule has 1 aromatic rings. The van der Waals surface area contributed by atoms with Gasteiger partial charge in [0.2, 0.25) is 0 Å². The number of rotatable bonds is 5. The van der Waals surface area contributed by atoms with Gasteiger partial charge < -0.3 is 0 Å². The molecule has 0 amide bonds. The van der Waals surface area contributed by atoms with Crippen LogP contribution >= 0.6 is 0 Å². The number of pyridine rings is 1. The Morgan fingerprint density at radius 1 is 1.18 bits per heavy atom. The summed E-state index contributed by atoms with van der Waals surface area (Å²) in [5.41, 5.74) is 5.63. The van der Waals surface area contributed by atoms with E-state index < -0.39 is 8.07 Å². The molecular weight excluding hydrogens is 282 g/mol. The maximum Gasteiger partial charge on any atom is 0.0799 e. The molecule has 1 aliphatic carbocycles. The van der Waals surface area contributed by atoms with Crippen LogP contribution in [-0.2, 0) is 6.42 Å². The standard InChI is InChI=1S/C20H33NSi/c1-7-15(2)16(3)19-13-18(12-17-10-8-9-11-17)20(14-21-19)22(4,5)6/h13-14,17H,7-12H2,1-6H3/b16-15+. The van der Waals surface area contributed by atoms with Crippen LogP contribution in [0.15, 0.2) is 17.8 Å². The van der Waals surface area contributed by atoms with Crippen molar-refractivity contribution < 1.29 is 0 Å². The first-order chi connectivity index (χ1) is 10.3. The third-order valence-electron chi connectivity index (χ3n) is 5.34. The zero-order chi connectivity index (χ0) is 16.3. The first-order valence-electron chi connectivity index (χ1n) is 8.99. The molecule has 2 heteroatoms. The highest BCUT2D eigenvalue weighted by atomic mass is 28.3. The minimum Gasteiger partial charge on any atom is -0.257 e. The van der Waals surface area contributed by atoms with Crippen LogP contribution in [0.5, 0.6) is 0 Å². The minimum absolute atomic E-state index is 0.905. The summed E-state index contributed by atoms with van der Waals surface area (Å²) in [6.07, 6.45) is 10.3. The summed E-state index contributed by atoms with van der Waals surface area (Å²) in [4.78, 5) is 4.83. The molecule has 0 unspecified atom stereocenters. The van der Waals surface area contributed by atoms with Crippen molar-refractivity contribution >= 4 is 18.8 Å². The average molecular weight is 316 g/mol. The highest BCUT2D eigenvalue weighted by molar-refractivity contribution is 6.89. The van der Waals surface area contributed by atoms with Gasteiger partial charge >= 0.3 is 0 Å². The average Bonchev–Trinajstić information content (AvgIpc) is 2.97. The van der Waals surface area contributed by atoms with Crippen LogP contribution in [0.25, 0.3) is 5.57 Å². The van der Waals surface area contributed by atoms with Crippen molar-refractivity contribution in [2.24, 2.45) is 5.92 Å². The van der Waals surface area contributed by atoms with Gasteiger partial charge in [0.05, 0.1) is 13.8 Å². The van der Waals surface area contributed by atoms with Gasteiger partial charge in [0, 0.05) is 6.20 Å². The molecule has 122 valence electrons. The van der Waals surface area contributed by atoms with E-state index in [0.717, 1.165) is 12.3 Å². The van der Waals surface area contributed by atoms with Gasteiger partial charge in [0.1, 0.15) is 0 Å². The molecule has 0 N–H and O–H groups in total. The third kappa shape index (κ3) is 4.10. The summed E-state index contributed by atoms with van der Waals surface area (Å²) in [5, 5.41) is 1.57. The largest absolute Gasteiger partial charge is 0.257 e. The molecule has 1 saturated carbocycles. The second-order valence-corrected chi connectivity index (χ2v) is 13.1. The van der Waals surface area contributed by atoms with Crippen LogP contribution in [0.3, 0.4) is 0 Å². The summed E-state index contributed by atoms with van der Waals surface area (Å²) >= 11 is 0. The van der Waals surface area contributed by atoms with Gasteiger partial charge in [-0.2, -0.15) is 0 Å². The molecule has 1 aliphatic rings. The van der Waals surface area contributed by atoms with Crippen LogP contribution in [0.1, 0.15) is 64.1 Å². The molecule has 0 spiro atoms. The van der Waals surface area contributed by atoms with Crippen molar-refractivity contribution in [3.8, 4) is 0 Å². The normalized spacial score (nSPS) is 17.7. The first-order valence-corrected chi connectivity index (χ1v) is 12.5. The first kappa shape index (κ1) is 17.5. The Morgan fingerprint density at radius 2 is 1.82 bits per heavy atom. The minimum atomic E-state index is -1.32. The van der Waals surface area contributed by atoms with Crippen molar-refractivity contribution in [2.45, 2.75) is 78.9 Å². The predicted molar refractivity (Wildman–Crippen MR) is 101 cm³/mol. The van der Waals surface area contributed by atoms with E-state index in [0.29, 0.717) is 0 Å². The van der Waals surface area contributed by atoms with E-state index in [-0.39, 0.29) is 0 Å². The Bertz CT molecular complexity index is 545. The Morgan fingerprint density at radius 3 is 2.36 bits per heavy atom. The lowest BCUT2D eigenvalue weighted by Crippen LogP contribution is -2.41. The van der Waals surface area contributed by atoms with Crippen LogP contribution in [0, 0.1) is 5.92 Å². The molecule has 2 rings (SSSR count). The van der Waals surface area contributed by atoms with Crippen LogP contribution < -0.4 is 5.19 Å². The highest BCUT2D eigenvalue weighted by Crippen LogP contribution is 2.29. The molecule has 1 fully saturated rings. The SMILES string of the molecule is CC/C(C)=C(\C)c1cc(CC2CCCC2)c([Si](C)(C)C)cn1. The molecule has 0 bridgehead atoms. The monoisotopic (exact) mass is 315 g/mol. The number of aromatic nitrogens is 1. The third-order valence-corrected chi connectivity index (χ3v) is 7.40. The smallest absolute Gasteiger partial charge is 0.0799 e. The van der Waals surface area contributed by atoms with Crippen LogP contribution in [-0.4, -0.2) is 13.1 Å². The number of hydrogen-bond acceptors (Lipinski definition) is 1. The second kappa shape index (κ2) is 7.12. The summed E-state index contributed by atoms with van der Waals surface area (Å²) in [6.45, 7) is 14.0. The fourth-order valence-electron chi connectivity index (χ4n) is 3.56. The van der Waals surface area contributed by atoms with Crippen LogP contribution in [0.4, 0.5) is 0 Å². The molecule has 0 aliphatic heterocycles. The van der Waals surface area contributed by atoms with Crippen LogP contribution in [0.2, 0.25) is 19.6 Å². The molecule has 0 atom stereocenters. The topological polar surface area (TPSA) is 12.9 Å². The van der Waals surface area contributed by atoms with Gasteiger partial charge in [-0.15, -0.1) is 0 Å². The van der Waals surface area contributed by atoms with Gasteiger partial charge in [-0.3, -0.25) is 4.98 Å². The van der Waals surface area contributed by atoms with E-state index >= 15 is 0 Å². The molecule has 0 aromatic carbocycles. The fourth-order valence-corrected chi connectivity index (χ4v) is 5.15. The van der Waals surface area contributed by atoms with Gasteiger partial charge in [-0.05, 0) is 55.0 Å². The molecule has 1 aromatic heterocycles. The van der Waals surface area contributed by atoms with E-state index in [1.165, 1.54) is 48.9 Å². The molecular formula is C20H33NSi. The lowest BCUT2D eigenvalue weighted by molar-refractivity contribution is 0.547. The van der Waals surface area contributed by atoms with Gasteiger partial charge in [-0.25, -0.2) is 0 Å². The Labute approximate surface area is 138 Å². The zero-order valence-corrected chi connectivity index (χ0v) is 16.4. The van der Waals surface area contributed by atoms with Crippen molar-refractivity contribution in [3.63, 3.8) is 0 Å². The van der Waals surface area contributed by atoms with Crippen molar-refractivity contribution in [1.29, 1.82) is 0 Å². The van der Waals surface area contributed by atoms with Crippen molar-refractivity contribution in [1.82, 2.24) is 4.98 Å². The fraction of sp³-hybridized carbons (Fsp3) is 0.650. The van der Waals surface area contributed by atoms with E-state index in [4.69, 9.17) is 4.98 Å². The molecule has 0 radical (unpaired) electrons. The molecule has 22 heavy (non-hydrogen) atoms. The second-order valence-electron chi connectivity index (χ2n) is 8.09. The highest BCUT2D eigenvalue weighted by Gasteiger charge is 2.24. The summed E-state index contributed by atoms with van der Waals surface area (Å²) in [5.74, 6) is 0.905. The number of allylic oxidation sites excluding steroid dienone is 2. The number of hydrogen-bond donors (Lipinski definition) is 0. The molecule has 1 heterocycles. The van der Waals surface area contributed by atoms with E-state index in [1.807, 2.05) is 0 Å². The van der Waals surface area contributed by atoms with Crippen molar-refractivity contribution in [3.05, 3.63) is 29.1 Å². The molecule has 1 nitrogen and oxygen atoms in total. The zero-order valence-electron chi connectivity index (χ0n) is 15.4. The predicted octanol–water partition coefficient (Wildman–Crippen LogP) is 5.56. The Kier molecular flexibility index (Phi) is 5.65. The lowest BCUT2D eigenvalue weighted by Gasteiger charge is -2.23. The molecule has 0 saturated heterocycles. The number of nitrogens with zero attached hydrogens (tertiary/aromatic N) is 1. The Balaban J connectivity index is 2.40. The summed E-state index contributed by atoms with van der Waals surface area (Å²) in [7, 11) is -1.32. The maximum atomic E-state index is 4.83.